The van der Waals surface area contributed by atoms with Gasteiger partial charge in [-0.25, -0.2) is 9.97 Å². The van der Waals surface area contributed by atoms with Crippen molar-refractivity contribution in [3.8, 4) is 0 Å². The van der Waals surface area contributed by atoms with Gasteiger partial charge in [0.2, 0.25) is 0 Å². The third kappa shape index (κ3) is 3.67. The highest BCUT2D eigenvalue weighted by Crippen LogP contribution is 2.31. The lowest BCUT2D eigenvalue weighted by Crippen LogP contribution is -2.01. The summed E-state index contributed by atoms with van der Waals surface area (Å²) in [5, 5.41) is 6.20. The topological polar surface area (TPSA) is 66.5 Å². The summed E-state index contributed by atoms with van der Waals surface area (Å²) >= 11 is 14.0. The molecule has 0 unspecified atom stereocenters. The molecule has 0 saturated carbocycles. The molecule has 5 nitrogen and oxygen atoms in total. The van der Waals surface area contributed by atoms with E-state index in [1.165, 1.54) is 0 Å². The third-order valence-corrected chi connectivity index (χ3v) is 5.60. The average Bonchev–Trinajstić information content (AvgIpc) is 3.17. The summed E-state index contributed by atoms with van der Waals surface area (Å²) in [4.78, 5) is 17.3. The predicted molar refractivity (Wildman–Crippen MR) is 107 cm³/mol. The van der Waals surface area contributed by atoms with Crippen molar-refractivity contribution in [2.24, 2.45) is 0 Å². The number of hydrogen-bond acceptors (Lipinski definition) is 5. The molecule has 0 radical (unpaired) electrons. The van der Waals surface area contributed by atoms with E-state index in [2.05, 4.69) is 25.3 Å². The summed E-state index contributed by atoms with van der Waals surface area (Å²) in [6, 6.07) is 7.87. The molecule has 0 bridgehead atoms. The smallest absolute Gasteiger partial charge is 0.184 e. The van der Waals surface area contributed by atoms with Crippen molar-refractivity contribution in [2.75, 3.05) is 5.32 Å². The fourth-order valence-corrected chi connectivity index (χ4v) is 4.08. The van der Waals surface area contributed by atoms with Gasteiger partial charge in [-0.3, -0.25) is 4.98 Å². The van der Waals surface area contributed by atoms with Crippen molar-refractivity contribution in [2.45, 2.75) is 19.9 Å². The van der Waals surface area contributed by atoms with Crippen molar-refractivity contribution in [1.82, 2.24) is 19.9 Å². The summed E-state index contributed by atoms with van der Waals surface area (Å²) in [5.41, 5.74) is 3.87. The molecule has 4 aromatic heterocycles. The fourth-order valence-electron chi connectivity index (χ4n) is 2.73. The predicted octanol–water partition coefficient (Wildman–Crippen LogP) is 5.23. The Bertz CT molecular complexity index is 1070. The lowest BCUT2D eigenvalue weighted by molar-refractivity contribution is 1.01. The summed E-state index contributed by atoms with van der Waals surface area (Å²) in [6.45, 7) is 2.59. The maximum absolute atomic E-state index is 6.34. The molecule has 4 heterocycles. The van der Waals surface area contributed by atoms with Gasteiger partial charge in [-0.15, -0.1) is 11.3 Å². The Morgan fingerprint density at radius 1 is 1.23 bits per heavy atom. The second-order valence-electron chi connectivity index (χ2n) is 5.90. The van der Waals surface area contributed by atoms with Crippen molar-refractivity contribution in [1.29, 1.82) is 0 Å². The van der Waals surface area contributed by atoms with Crippen LogP contribution in [0.15, 0.2) is 36.7 Å². The second-order valence-corrected chi connectivity index (χ2v) is 7.78. The number of aryl methyl sites for hydroxylation is 1. The summed E-state index contributed by atoms with van der Waals surface area (Å²) in [6.07, 6.45) is 4.24. The number of nitrogens with zero attached hydrogens (tertiary/aromatic N) is 3. The molecule has 0 aromatic carbocycles. The minimum Gasteiger partial charge on any atom is -0.356 e. The molecule has 4 rings (SSSR count). The molecule has 0 fully saturated rings. The molecule has 0 spiro atoms. The van der Waals surface area contributed by atoms with Gasteiger partial charge in [0.05, 0.1) is 22.1 Å². The zero-order valence-corrected chi connectivity index (χ0v) is 16.2. The number of aromatic amines is 1. The van der Waals surface area contributed by atoms with E-state index in [9.17, 15) is 0 Å². The van der Waals surface area contributed by atoms with Crippen LogP contribution in [0, 0.1) is 6.92 Å². The third-order valence-electron chi connectivity index (χ3n) is 3.95. The highest BCUT2D eigenvalue weighted by atomic mass is 35.5. The molecule has 132 valence electrons. The molecule has 0 amide bonds. The van der Waals surface area contributed by atoms with Crippen LogP contribution in [0.3, 0.4) is 0 Å². The maximum Gasteiger partial charge on any atom is 0.184 e. The number of H-pyrrole nitrogens is 1. The van der Waals surface area contributed by atoms with E-state index < -0.39 is 0 Å². The molecule has 8 heteroatoms. The number of aromatic nitrogens is 4. The zero-order chi connectivity index (χ0) is 18.1. The van der Waals surface area contributed by atoms with E-state index in [0.29, 0.717) is 23.1 Å². The van der Waals surface area contributed by atoms with E-state index in [1.807, 2.05) is 37.4 Å². The minimum atomic E-state index is 0.513. The lowest BCUT2D eigenvalue weighted by Gasteiger charge is -2.02. The Morgan fingerprint density at radius 3 is 2.96 bits per heavy atom. The van der Waals surface area contributed by atoms with Gasteiger partial charge in [-0.2, -0.15) is 0 Å². The Kier molecular flexibility index (Phi) is 4.80. The van der Waals surface area contributed by atoms with Crippen LogP contribution in [0.5, 0.6) is 0 Å². The van der Waals surface area contributed by atoms with E-state index in [4.69, 9.17) is 23.2 Å². The zero-order valence-electron chi connectivity index (χ0n) is 13.9. The summed E-state index contributed by atoms with van der Waals surface area (Å²) < 4.78 is 0. The summed E-state index contributed by atoms with van der Waals surface area (Å²) in [7, 11) is 0. The van der Waals surface area contributed by atoms with Crippen LogP contribution in [-0.2, 0) is 13.0 Å². The van der Waals surface area contributed by atoms with Crippen LogP contribution >= 0.6 is 34.5 Å². The normalized spacial score (nSPS) is 11.2. The number of halogens is 2. The average molecular weight is 404 g/mol. The quantitative estimate of drug-likeness (QED) is 0.478. The Labute approximate surface area is 164 Å². The number of pyridine rings is 2. The highest BCUT2D eigenvalue weighted by molar-refractivity contribution is 7.16. The van der Waals surface area contributed by atoms with Gasteiger partial charge in [0.1, 0.15) is 10.8 Å². The van der Waals surface area contributed by atoms with Gasteiger partial charge in [0.15, 0.2) is 5.13 Å². The van der Waals surface area contributed by atoms with Gasteiger partial charge in [-0.05, 0) is 30.7 Å². The van der Waals surface area contributed by atoms with Crippen LogP contribution in [-0.4, -0.2) is 19.9 Å². The Morgan fingerprint density at radius 2 is 2.12 bits per heavy atom. The van der Waals surface area contributed by atoms with Crippen molar-refractivity contribution in [3.05, 3.63) is 68.7 Å². The molecule has 0 aliphatic heterocycles. The number of nitrogens with one attached hydrogen (secondary N) is 2. The molecular formula is C18H15Cl2N5S. The number of anilines is 1. The maximum atomic E-state index is 6.34. The Balaban J connectivity index is 1.52. The fraction of sp³-hybridized carbons (Fsp3) is 0.167. The molecule has 0 saturated heterocycles. The molecule has 0 aliphatic rings. The number of hydrogen-bond donors (Lipinski definition) is 2. The Hall–Kier alpha value is -2.15. The number of rotatable bonds is 5. The molecule has 0 aliphatic carbocycles. The highest BCUT2D eigenvalue weighted by Gasteiger charge is 2.13. The van der Waals surface area contributed by atoms with Crippen molar-refractivity contribution >= 4 is 50.7 Å². The molecular weight excluding hydrogens is 389 g/mol. The largest absolute Gasteiger partial charge is 0.356 e. The van der Waals surface area contributed by atoms with E-state index in [1.54, 1.807) is 17.5 Å². The molecule has 0 atom stereocenters. The lowest BCUT2D eigenvalue weighted by atomic mass is 10.1. The van der Waals surface area contributed by atoms with Crippen LogP contribution in [0.2, 0.25) is 10.2 Å². The SMILES string of the molecule is Cc1cccc(CNc2nc(Cl)c(Cc3c[nH]c4ncc(Cl)cc34)s2)n1. The van der Waals surface area contributed by atoms with E-state index >= 15 is 0 Å². The first-order valence-electron chi connectivity index (χ1n) is 8.01. The van der Waals surface area contributed by atoms with E-state index in [-0.39, 0.29) is 0 Å². The van der Waals surface area contributed by atoms with Gasteiger partial charge in [0, 0.05) is 29.9 Å². The monoisotopic (exact) mass is 403 g/mol. The second kappa shape index (κ2) is 7.23. The van der Waals surface area contributed by atoms with Gasteiger partial charge < -0.3 is 10.3 Å². The van der Waals surface area contributed by atoms with Crippen LogP contribution in [0.1, 0.15) is 21.8 Å². The van der Waals surface area contributed by atoms with Gasteiger partial charge in [-0.1, -0.05) is 29.3 Å². The first kappa shape index (κ1) is 17.3. The van der Waals surface area contributed by atoms with Crippen LogP contribution in [0.25, 0.3) is 11.0 Å². The molecule has 26 heavy (non-hydrogen) atoms. The number of fused-ring (bicyclic) bond motifs is 1. The molecule has 2 N–H and O–H groups in total. The van der Waals surface area contributed by atoms with E-state index in [0.717, 1.165) is 38.0 Å². The van der Waals surface area contributed by atoms with Crippen LogP contribution < -0.4 is 5.32 Å². The number of thiazole rings is 1. The molecule has 4 aromatic rings. The summed E-state index contributed by atoms with van der Waals surface area (Å²) in [5.74, 6) is 0. The van der Waals surface area contributed by atoms with Gasteiger partial charge >= 0.3 is 0 Å². The first-order valence-corrected chi connectivity index (χ1v) is 9.59. The van der Waals surface area contributed by atoms with Crippen molar-refractivity contribution < 1.29 is 0 Å². The first-order chi connectivity index (χ1) is 12.6. The van der Waals surface area contributed by atoms with Crippen molar-refractivity contribution in [3.63, 3.8) is 0 Å². The van der Waals surface area contributed by atoms with Crippen LogP contribution in [0.4, 0.5) is 5.13 Å². The minimum absolute atomic E-state index is 0.513. The van der Waals surface area contributed by atoms with Gasteiger partial charge in [0.25, 0.3) is 0 Å². The standard InChI is InChI=1S/C18H15Cl2N5S/c1-10-3-2-4-13(24-10)9-23-18-25-16(20)15(26-18)5-11-7-21-17-14(11)6-12(19)8-22-17/h2-4,6-8H,5,9H2,1H3,(H,21,22)(H,23,25).